The van der Waals surface area contributed by atoms with Crippen molar-refractivity contribution < 1.29 is 9.13 Å². The van der Waals surface area contributed by atoms with Gasteiger partial charge >= 0.3 is 0 Å². The largest absolute Gasteiger partial charge is 0.485 e. The van der Waals surface area contributed by atoms with Crippen LogP contribution in [0.15, 0.2) is 53.6 Å². The maximum atomic E-state index is 13.0. The number of aryl methyl sites for hydroxylation is 1. The molecule has 0 saturated carbocycles. The van der Waals surface area contributed by atoms with Gasteiger partial charge in [-0.3, -0.25) is 9.78 Å². The van der Waals surface area contributed by atoms with Gasteiger partial charge in [-0.1, -0.05) is 6.07 Å². The van der Waals surface area contributed by atoms with Crippen molar-refractivity contribution in [3.63, 3.8) is 0 Å². The molecule has 0 atom stereocenters. The van der Waals surface area contributed by atoms with Crippen LogP contribution in [0.2, 0.25) is 0 Å². The number of nitrogens with zero attached hydrogens (tertiary/aromatic N) is 4. The van der Waals surface area contributed by atoms with E-state index >= 15 is 0 Å². The van der Waals surface area contributed by atoms with Crippen molar-refractivity contribution in [1.82, 2.24) is 24.6 Å². The van der Waals surface area contributed by atoms with Crippen LogP contribution in [0, 0.1) is 5.82 Å². The van der Waals surface area contributed by atoms with Gasteiger partial charge in [-0.25, -0.2) is 4.39 Å². The van der Waals surface area contributed by atoms with Gasteiger partial charge in [0.15, 0.2) is 0 Å². The van der Waals surface area contributed by atoms with E-state index in [2.05, 4.69) is 33.1 Å². The number of rotatable bonds is 4. The summed E-state index contributed by atoms with van der Waals surface area (Å²) in [6, 6.07) is 10.2. The highest BCUT2D eigenvalue weighted by molar-refractivity contribution is 5.87. The number of fused-ring (bicyclic) bond motifs is 3. The monoisotopic (exact) mass is 455 g/mol. The first-order valence-electron chi connectivity index (χ1n) is 10.2. The molecule has 4 aromatic rings. The fraction of sp³-hybridized carbons (Fsp3) is 0.261. The van der Waals surface area contributed by atoms with Crippen LogP contribution in [0.25, 0.3) is 16.6 Å². The minimum absolute atomic E-state index is 0. The summed E-state index contributed by atoms with van der Waals surface area (Å²) in [5.74, 6) is -0.0685. The van der Waals surface area contributed by atoms with Gasteiger partial charge < -0.3 is 14.6 Å². The highest BCUT2D eigenvalue weighted by Gasteiger charge is 2.17. The van der Waals surface area contributed by atoms with Crippen molar-refractivity contribution in [2.24, 2.45) is 7.05 Å². The fourth-order valence-electron chi connectivity index (χ4n) is 4.11. The molecule has 32 heavy (non-hydrogen) atoms. The minimum Gasteiger partial charge on any atom is -0.485 e. The van der Waals surface area contributed by atoms with Gasteiger partial charge in [-0.15, -0.1) is 12.4 Å². The first kappa shape index (κ1) is 22.0. The van der Waals surface area contributed by atoms with Gasteiger partial charge in [-0.2, -0.15) is 9.78 Å². The Hall–Kier alpha value is -3.23. The molecule has 3 aromatic heterocycles. The van der Waals surface area contributed by atoms with Crippen molar-refractivity contribution in [3.8, 4) is 11.4 Å². The number of ether oxygens (including phenoxy) is 1. The molecular formula is C23H23ClFN5O2. The molecule has 9 heteroatoms. The van der Waals surface area contributed by atoms with Crippen LogP contribution in [0.4, 0.5) is 4.39 Å². The van der Waals surface area contributed by atoms with Crippen molar-refractivity contribution >= 4 is 23.3 Å². The molecular weight excluding hydrogens is 433 g/mol. The third-order valence-electron chi connectivity index (χ3n) is 5.68. The standard InChI is InChI=1S/C23H22FN5O2.ClH/c1-28-21-3-2-8-25-13-20(21)19-7-6-17(9-22(19)28)29-23(30)10-18(12-27-29)31-14-16-5-4-15(24)11-26-16;/h4-7,9-12,25H,2-3,8,13-14H2,1H3;1H. The summed E-state index contributed by atoms with van der Waals surface area (Å²) in [6.07, 6.45) is 4.78. The summed E-state index contributed by atoms with van der Waals surface area (Å²) < 4.78 is 22.1. The molecule has 1 N–H and O–H groups in total. The number of nitrogens with one attached hydrogen (secondary N) is 1. The van der Waals surface area contributed by atoms with Gasteiger partial charge in [0.2, 0.25) is 0 Å². The number of hydrogen-bond acceptors (Lipinski definition) is 5. The lowest BCUT2D eigenvalue weighted by Crippen LogP contribution is -2.20. The van der Waals surface area contributed by atoms with Gasteiger partial charge in [0.05, 0.1) is 29.3 Å². The Balaban J connectivity index is 0.00000245. The van der Waals surface area contributed by atoms with E-state index in [0.29, 0.717) is 17.1 Å². The minimum atomic E-state index is -0.407. The summed E-state index contributed by atoms with van der Waals surface area (Å²) in [5.41, 5.74) is 4.74. The Kier molecular flexibility index (Phi) is 6.25. The van der Waals surface area contributed by atoms with Crippen LogP contribution in [0.5, 0.6) is 5.75 Å². The van der Waals surface area contributed by atoms with Crippen molar-refractivity contribution in [3.05, 3.63) is 81.9 Å². The summed E-state index contributed by atoms with van der Waals surface area (Å²) in [7, 11) is 2.08. The number of halogens is 2. The second-order valence-corrected chi connectivity index (χ2v) is 7.66. The Labute approximate surface area is 190 Å². The van der Waals surface area contributed by atoms with Gasteiger partial charge in [0.25, 0.3) is 5.56 Å². The van der Waals surface area contributed by atoms with E-state index < -0.39 is 5.82 Å². The lowest BCUT2D eigenvalue weighted by molar-refractivity contribution is 0.298. The SMILES string of the molecule is Cl.Cn1c2c(c3ccc(-n4ncc(OCc5ccc(F)cn5)cc4=O)cc31)CNCCC2. The summed E-state index contributed by atoms with van der Waals surface area (Å²) in [5, 5.41) is 8.97. The Morgan fingerprint density at radius 1 is 1.19 bits per heavy atom. The molecule has 166 valence electrons. The second-order valence-electron chi connectivity index (χ2n) is 7.66. The smallest absolute Gasteiger partial charge is 0.275 e. The number of hydrogen-bond donors (Lipinski definition) is 1. The van der Waals surface area contributed by atoms with E-state index in [9.17, 15) is 9.18 Å². The van der Waals surface area contributed by atoms with E-state index in [1.54, 1.807) is 0 Å². The average molecular weight is 456 g/mol. The van der Waals surface area contributed by atoms with E-state index in [-0.39, 0.29) is 24.6 Å². The molecule has 7 nitrogen and oxygen atoms in total. The summed E-state index contributed by atoms with van der Waals surface area (Å²) >= 11 is 0. The van der Waals surface area contributed by atoms with Crippen molar-refractivity contribution in [2.75, 3.05) is 6.54 Å². The maximum absolute atomic E-state index is 13.0. The molecule has 0 aliphatic carbocycles. The quantitative estimate of drug-likeness (QED) is 0.511. The molecule has 0 spiro atoms. The number of pyridine rings is 1. The van der Waals surface area contributed by atoms with Crippen LogP contribution < -0.4 is 15.6 Å². The molecule has 0 saturated heterocycles. The molecule has 0 radical (unpaired) electrons. The van der Waals surface area contributed by atoms with Crippen LogP contribution in [-0.4, -0.2) is 25.9 Å². The molecule has 0 amide bonds. The van der Waals surface area contributed by atoms with Crippen LogP contribution in [0.3, 0.4) is 0 Å². The molecule has 1 aliphatic heterocycles. The van der Waals surface area contributed by atoms with Gasteiger partial charge in [0, 0.05) is 30.7 Å². The third-order valence-corrected chi connectivity index (χ3v) is 5.68. The zero-order valence-electron chi connectivity index (χ0n) is 17.5. The summed E-state index contributed by atoms with van der Waals surface area (Å²) in [6.45, 7) is 2.01. The molecule has 4 heterocycles. The first-order valence-corrected chi connectivity index (χ1v) is 10.2. The van der Waals surface area contributed by atoms with Crippen molar-refractivity contribution in [1.29, 1.82) is 0 Å². The van der Waals surface area contributed by atoms with E-state index in [1.807, 2.05) is 12.1 Å². The second kappa shape index (κ2) is 9.10. The number of aromatic nitrogens is 4. The van der Waals surface area contributed by atoms with Crippen molar-refractivity contribution in [2.45, 2.75) is 26.0 Å². The van der Waals surface area contributed by atoms with E-state index in [4.69, 9.17) is 4.74 Å². The topological polar surface area (TPSA) is 74.0 Å². The summed E-state index contributed by atoms with van der Waals surface area (Å²) in [4.78, 5) is 16.6. The molecule has 1 aromatic carbocycles. The Bertz CT molecular complexity index is 1320. The normalized spacial score (nSPS) is 13.3. The predicted molar refractivity (Wildman–Crippen MR) is 122 cm³/mol. The van der Waals surface area contributed by atoms with Crippen LogP contribution >= 0.6 is 12.4 Å². The highest BCUT2D eigenvalue weighted by atomic mass is 35.5. The van der Waals surface area contributed by atoms with Crippen LogP contribution in [0.1, 0.15) is 23.4 Å². The first-order chi connectivity index (χ1) is 15.1. The third kappa shape index (κ3) is 4.11. The molecule has 1 aliphatic rings. The van der Waals surface area contributed by atoms with Gasteiger partial charge in [0.1, 0.15) is 18.2 Å². The number of benzene rings is 1. The molecule has 5 rings (SSSR count). The lowest BCUT2D eigenvalue weighted by atomic mass is 10.1. The highest BCUT2D eigenvalue weighted by Crippen LogP contribution is 2.29. The average Bonchev–Trinajstić information content (AvgIpc) is 2.93. The van der Waals surface area contributed by atoms with Crippen LogP contribution in [-0.2, 0) is 26.6 Å². The van der Waals surface area contributed by atoms with E-state index in [0.717, 1.165) is 37.6 Å². The molecule has 0 bridgehead atoms. The Morgan fingerprint density at radius 2 is 2.06 bits per heavy atom. The Morgan fingerprint density at radius 3 is 2.84 bits per heavy atom. The van der Waals surface area contributed by atoms with Gasteiger partial charge in [-0.05, 0) is 49.2 Å². The zero-order valence-corrected chi connectivity index (χ0v) is 18.4. The fourth-order valence-corrected chi connectivity index (χ4v) is 4.11. The lowest BCUT2D eigenvalue weighted by Gasteiger charge is -2.09. The predicted octanol–water partition coefficient (Wildman–Crippen LogP) is 3.29. The maximum Gasteiger partial charge on any atom is 0.275 e. The van der Waals surface area contributed by atoms with E-state index in [1.165, 1.54) is 45.7 Å². The molecule has 0 unspecified atom stereocenters. The zero-order chi connectivity index (χ0) is 21.4. The molecule has 0 fully saturated rings.